The lowest BCUT2D eigenvalue weighted by Gasteiger charge is -2.40. The van der Waals surface area contributed by atoms with Crippen molar-refractivity contribution < 1.29 is 59.1 Å². The molecule has 0 bridgehead atoms. The Morgan fingerprint density at radius 1 is 1.13 bits per heavy atom. The van der Waals surface area contributed by atoms with E-state index < -0.39 is 67.9 Å². The second-order valence-electron chi connectivity index (χ2n) is 7.34. The summed E-state index contributed by atoms with van der Waals surface area (Å²) in [5.41, 5.74) is -1.84. The van der Waals surface area contributed by atoms with E-state index in [0.29, 0.717) is 0 Å². The maximum Gasteiger partial charge on any atom is 0.341 e. The van der Waals surface area contributed by atoms with Crippen LogP contribution in [0.15, 0.2) is 24.3 Å². The minimum atomic E-state index is -1.89. The fraction of sp³-hybridized carbons (Fsp3) is 0.632. The number of para-hydroxylation sites is 1. The molecular formula is C19H26O12. The summed E-state index contributed by atoms with van der Waals surface area (Å²) in [4.78, 5) is 11.9. The van der Waals surface area contributed by atoms with Crippen LogP contribution in [0.5, 0.6) is 5.75 Å². The summed E-state index contributed by atoms with van der Waals surface area (Å²) in [6.45, 7) is -1.55. The molecule has 1 aromatic rings. The van der Waals surface area contributed by atoms with Crippen LogP contribution in [0.3, 0.4) is 0 Å². The van der Waals surface area contributed by atoms with Gasteiger partial charge in [-0.25, -0.2) is 4.79 Å². The number of hydrogen-bond donors (Lipinski definition) is 6. The van der Waals surface area contributed by atoms with Crippen LogP contribution in [0.4, 0.5) is 0 Å². The van der Waals surface area contributed by atoms with Gasteiger partial charge in [0.05, 0.1) is 26.9 Å². The molecule has 2 heterocycles. The van der Waals surface area contributed by atoms with Crippen molar-refractivity contribution >= 4 is 5.97 Å². The maximum atomic E-state index is 11.9. The Kier molecular flexibility index (Phi) is 7.47. The lowest BCUT2D eigenvalue weighted by atomic mass is 9.99. The van der Waals surface area contributed by atoms with Crippen molar-refractivity contribution in [2.75, 3.05) is 26.9 Å². The van der Waals surface area contributed by atoms with Crippen LogP contribution in [-0.2, 0) is 18.9 Å². The highest BCUT2D eigenvalue weighted by molar-refractivity contribution is 5.92. The molecule has 2 saturated heterocycles. The normalized spacial score (nSPS) is 38.1. The largest absolute Gasteiger partial charge is 0.465 e. The Balaban J connectivity index is 1.68. The zero-order valence-corrected chi connectivity index (χ0v) is 16.6. The number of ether oxygens (including phenoxy) is 5. The molecule has 0 spiro atoms. The third-order valence-electron chi connectivity index (χ3n) is 5.21. The Bertz CT molecular complexity index is 759. The molecule has 12 heteroatoms. The second-order valence-corrected chi connectivity index (χ2v) is 7.34. The van der Waals surface area contributed by atoms with E-state index in [4.69, 9.17) is 24.1 Å². The maximum absolute atomic E-state index is 11.9. The summed E-state index contributed by atoms with van der Waals surface area (Å²) in [5, 5.41) is 59.9. The molecule has 2 aliphatic rings. The average molecular weight is 446 g/mol. The van der Waals surface area contributed by atoms with Crippen LogP contribution < -0.4 is 4.74 Å². The van der Waals surface area contributed by atoms with Crippen molar-refractivity contribution in [3.8, 4) is 5.75 Å². The lowest BCUT2D eigenvalue weighted by molar-refractivity contribution is -0.289. The van der Waals surface area contributed by atoms with Crippen LogP contribution in [-0.4, -0.2) is 112 Å². The molecule has 0 amide bonds. The van der Waals surface area contributed by atoms with E-state index in [1.54, 1.807) is 12.1 Å². The van der Waals surface area contributed by atoms with Crippen LogP contribution in [0, 0.1) is 0 Å². The molecule has 174 valence electrons. The SMILES string of the molecule is COC(=O)c1ccccc1O[C@@H]1O[C@H](CO[C@@H]2OCC(O)(CO)[C@H]2O)[C@@H](O)[C@H](O)[C@H]1O. The topological polar surface area (TPSA) is 185 Å². The van der Waals surface area contributed by atoms with Gasteiger partial charge in [-0.2, -0.15) is 0 Å². The van der Waals surface area contributed by atoms with Gasteiger partial charge < -0.3 is 54.3 Å². The van der Waals surface area contributed by atoms with Gasteiger partial charge in [-0.3, -0.25) is 0 Å². The molecule has 0 aromatic heterocycles. The number of rotatable bonds is 7. The number of aliphatic hydroxyl groups is 6. The van der Waals surface area contributed by atoms with Crippen molar-refractivity contribution in [3.63, 3.8) is 0 Å². The standard InChI is InChI=1S/C19H26O12/c1-27-16(25)9-4-2-3-5-10(9)30-17-14(23)13(22)12(21)11(31-17)6-28-18-15(24)19(26,7-20)8-29-18/h2-5,11-15,17-18,20-24,26H,6-8H2,1H3/t11-,12-,13+,14-,15+,17-,18-,19?/m1/s1. The first-order valence-electron chi connectivity index (χ1n) is 9.50. The van der Waals surface area contributed by atoms with Crippen molar-refractivity contribution in [3.05, 3.63) is 29.8 Å². The van der Waals surface area contributed by atoms with Gasteiger partial charge >= 0.3 is 5.97 Å². The van der Waals surface area contributed by atoms with Gasteiger partial charge in [0.2, 0.25) is 6.29 Å². The summed E-state index contributed by atoms with van der Waals surface area (Å²) >= 11 is 0. The number of carbonyl (C=O) groups is 1. The van der Waals surface area contributed by atoms with Gasteiger partial charge in [-0.05, 0) is 12.1 Å². The van der Waals surface area contributed by atoms with Crippen LogP contribution >= 0.6 is 0 Å². The van der Waals surface area contributed by atoms with E-state index in [-0.39, 0.29) is 17.9 Å². The molecule has 1 unspecified atom stereocenters. The Morgan fingerprint density at radius 2 is 1.84 bits per heavy atom. The molecule has 0 saturated carbocycles. The fourth-order valence-electron chi connectivity index (χ4n) is 3.25. The highest BCUT2D eigenvalue weighted by Crippen LogP contribution is 2.29. The lowest BCUT2D eigenvalue weighted by Crippen LogP contribution is -2.60. The quantitative estimate of drug-likeness (QED) is 0.235. The molecule has 31 heavy (non-hydrogen) atoms. The van der Waals surface area contributed by atoms with E-state index in [1.807, 2.05) is 0 Å². The molecule has 1 aromatic carbocycles. The number of aliphatic hydroxyl groups excluding tert-OH is 5. The first kappa shape index (κ1) is 23.8. The summed E-state index contributed by atoms with van der Waals surface area (Å²) in [6.07, 6.45) is -10.5. The van der Waals surface area contributed by atoms with Gasteiger partial charge in [0.15, 0.2) is 6.29 Å². The average Bonchev–Trinajstić information content (AvgIpc) is 3.07. The highest BCUT2D eigenvalue weighted by Gasteiger charge is 2.50. The summed E-state index contributed by atoms with van der Waals surface area (Å²) in [7, 11) is 1.19. The van der Waals surface area contributed by atoms with Gasteiger partial charge in [-0.1, -0.05) is 12.1 Å². The van der Waals surface area contributed by atoms with Crippen molar-refractivity contribution in [2.45, 2.75) is 48.7 Å². The zero-order chi connectivity index (χ0) is 22.8. The molecule has 8 atom stereocenters. The number of esters is 1. The van der Waals surface area contributed by atoms with Crippen LogP contribution in [0.25, 0.3) is 0 Å². The Morgan fingerprint density at radius 3 is 2.48 bits per heavy atom. The molecule has 2 fully saturated rings. The van der Waals surface area contributed by atoms with Crippen LogP contribution in [0.1, 0.15) is 10.4 Å². The van der Waals surface area contributed by atoms with E-state index in [1.165, 1.54) is 19.2 Å². The summed E-state index contributed by atoms with van der Waals surface area (Å²) in [5.74, 6) is -0.672. The number of carbonyl (C=O) groups excluding carboxylic acids is 1. The third-order valence-corrected chi connectivity index (χ3v) is 5.21. The van der Waals surface area contributed by atoms with Crippen molar-refractivity contribution in [1.82, 2.24) is 0 Å². The predicted octanol–water partition coefficient (Wildman–Crippen LogP) is -2.88. The monoisotopic (exact) mass is 446 g/mol. The van der Waals surface area contributed by atoms with Crippen molar-refractivity contribution in [1.29, 1.82) is 0 Å². The van der Waals surface area contributed by atoms with E-state index in [0.717, 1.165) is 0 Å². The summed E-state index contributed by atoms with van der Waals surface area (Å²) < 4.78 is 26.2. The molecule has 3 rings (SSSR count). The number of methoxy groups -OCH3 is 1. The molecule has 0 aliphatic carbocycles. The zero-order valence-electron chi connectivity index (χ0n) is 16.6. The summed E-state index contributed by atoms with van der Waals surface area (Å²) in [6, 6.07) is 6.02. The Hall–Kier alpha value is -1.87. The fourth-order valence-corrected chi connectivity index (χ4v) is 3.25. The van der Waals surface area contributed by atoms with Crippen LogP contribution in [0.2, 0.25) is 0 Å². The minimum Gasteiger partial charge on any atom is -0.465 e. The Labute approximate surface area is 177 Å². The van der Waals surface area contributed by atoms with E-state index >= 15 is 0 Å². The number of hydrogen-bond acceptors (Lipinski definition) is 12. The molecule has 0 radical (unpaired) electrons. The molecule has 6 N–H and O–H groups in total. The molecule has 12 nitrogen and oxygen atoms in total. The highest BCUT2D eigenvalue weighted by atomic mass is 16.7. The van der Waals surface area contributed by atoms with Gasteiger partial charge in [-0.15, -0.1) is 0 Å². The third kappa shape index (κ3) is 4.82. The van der Waals surface area contributed by atoms with Gasteiger partial charge in [0, 0.05) is 0 Å². The van der Waals surface area contributed by atoms with Gasteiger partial charge in [0.1, 0.15) is 47.4 Å². The van der Waals surface area contributed by atoms with Crippen molar-refractivity contribution in [2.24, 2.45) is 0 Å². The molecular weight excluding hydrogens is 420 g/mol. The minimum absolute atomic E-state index is 0.0178. The molecule has 2 aliphatic heterocycles. The van der Waals surface area contributed by atoms with E-state index in [9.17, 15) is 30.3 Å². The second kappa shape index (κ2) is 9.73. The first-order valence-corrected chi connectivity index (χ1v) is 9.50. The van der Waals surface area contributed by atoms with E-state index in [2.05, 4.69) is 4.74 Å². The van der Waals surface area contributed by atoms with Gasteiger partial charge in [0.25, 0.3) is 0 Å². The predicted molar refractivity (Wildman–Crippen MR) is 98.8 cm³/mol. The smallest absolute Gasteiger partial charge is 0.341 e. The number of benzene rings is 1. The first-order chi connectivity index (χ1) is 14.7.